The molecule has 2 aromatic rings. The van der Waals surface area contributed by atoms with Crippen LogP contribution in [-0.2, 0) is 4.79 Å². The van der Waals surface area contributed by atoms with Gasteiger partial charge >= 0.3 is 0 Å². The molecule has 0 spiro atoms. The Morgan fingerprint density at radius 2 is 1.90 bits per heavy atom. The van der Waals surface area contributed by atoms with Gasteiger partial charge in [-0.3, -0.25) is 0 Å². The van der Waals surface area contributed by atoms with Crippen LogP contribution in [0.1, 0.15) is 17.0 Å². The number of halogens is 2. The van der Waals surface area contributed by atoms with Gasteiger partial charge in [0.1, 0.15) is 17.8 Å². The molecule has 1 unspecified atom stereocenters. The summed E-state index contributed by atoms with van der Waals surface area (Å²) >= 11 is 6.92. The van der Waals surface area contributed by atoms with Crippen molar-refractivity contribution >= 4 is 43.7 Å². The minimum Gasteiger partial charge on any atom is -0.460 e. The zero-order valence-corrected chi connectivity index (χ0v) is 14.2. The standard InChI is InChI=1S/C17H12Br2O2/c18-9-16-17(11-4-2-1-3-5-11)14(10-20)13-8-12(19)6-7-15(13)21-16/h1-8,10,14H,9H2. The van der Waals surface area contributed by atoms with Gasteiger partial charge in [0.25, 0.3) is 0 Å². The molecule has 0 aromatic heterocycles. The maximum atomic E-state index is 11.8. The van der Waals surface area contributed by atoms with Gasteiger partial charge in [0.2, 0.25) is 0 Å². The van der Waals surface area contributed by atoms with Crippen molar-refractivity contribution in [3.8, 4) is 5.75 Å². The zero-order valence-electron chi connectivity index (χ0n) is 11.1. The quantitative estimate of drug-likeness (QED) is 0.532. The van der Waals surface area contributed by atoms with Gasteiger partial charge < -0.3 is 9.53 Å². The molecule has 0 bridgehead atoms. The number of hydrogen-bond acceptors (Lipinski definition) is 2. The van der Waals surface area contributed by atoms with Crippen molar-refractivity contribution in [1.29, 1.82) is 0 Å². The molecule has 106 valence electrons. The number of rotatable bonds is 3. The molecule has 0 amide bonds. The van der Waals surface area contributed by atoms with Gasteiger partial charge in [0, 0.05) is 15.6 Å². The first-order valence-corrected chi connectivity index (χ1v) is 8.43. The van der Waals surface area contributed by atoms with Crippen LogP contribution < -0.4 is 4.74 Å². The second kappa shape index (κ2) is 6.16. The number of hydrogen-bond donors (Lipinski definition) is 0. The number of ether oxygens (including phenoxy) is 1. The SMILES string of the molecule is O=CC1C(c2ccccc2)=C(CBr)Oc2ccc(Br)cc21. The number of carbonyl (C=O) groups excluding carboxylic acids is 1. The van der Waals surface area contributed by atoms with Crippen molar-refractivity contribution in [3.05, 3.63) is 69.9 Å². The Balaban J connectivity index is 2.20. The molecule has 3 rings (SSSR count). The summed E-state index contributed by atoms with van der Waals surface area (Å²) in [6.45, 7) is 0. The van der Waals surface area contributed by atoms with Crippen LogP contribution >= 0.6 is 31.9 Å². The van der Waals surface area contributed by atoms with Crippen molar-refractivity contribution in [2.24, 2.45) is 0 Å². The normalized spacial score (nSPS) is 17.1. The minimum absolute atomic E-state index is 0.318. The number of alkyl halides is 1. The first-order chi connectivity index (χ1) is 10.2. The Morgan fingerprint density at radius 3 is 2.57 bits per heavy atom. The van der Waals surface area contributed by atoms with E-state index in [0.717, 1.165) is 39.0 Å². The molecule has 2 nitrogen and oxygen atoms in total. The second-order valence-electron chi connectivity index (χ2n) is 4.73. The van der Waals surface area contributed by atoms with Crippen molar-refractivity contribution in [3.63, 3.8) is 0 Å². The van der Waals surface area contributed by atoms with Crippen LogP contribution in [0, 0.1) is 0 Å². The Kier molecular flexibility index (Phi) is 4.27. The molecule has 4 heteroatoms. The monoisotopic (exact) mass is 406 g/mol. The molecule has 1 aliphatic heterocycles. The lowest BCUT2D eigenvalue weighted by atomic mass is 9.85. The Hall–Kier alpha value is -1.39. The molecule has 2 aromatic carbocycles. The fourth-order valence-corrected chi connectivity index (χ4v) is 3.37. The lowest BCUT2D eigenvalue weighted by Crippen LogP contribution is -2.17. The van der Waals surface area contributed by atoms with Gasteiger partial charge in [-0.25, -0.2) is 0 Å². The van der Waals surface area contributed by atoms with Gasteiger partial charge in [-0.05, 0) is 23.8 Å². The van der Waals surface area contributed by atoms with E-state index in [1.54, 1.807) is 0 Å². The molecule has 0 saturated carbocycles. The highest BCUT2D eigenvalue weighted by Gasteiger charge is 2.30. The molecule has 1 atom stereocenters. The summed E-state index contributed by atoms with van der Waals surface area (Å²) < 4.78 is 6.92. The highest BCUT2D eigenvalue weighted by atomic mass is 79.9. The topological polar surface area (TPSA) is 26.3 Å². The molecule has 0 fully saturated rings. The van der Waals surface area contributed by atoms with Crippen LogP contribution in [0.4, 0.5) is 0 Å². The highest BCUT2D eigenvalue weighted by molar-refractivity contribution is 9.10. The van der Waals surface area contributed by atoms with Gasteiger partial charge in [0.15, 0.2) is 0 Å². The van der Waals surface area contributed by atoms with Crippen molar-refractivity contribution in [2.45, 2.75) is 5.92 Å². The van der Waals surface area contributed by atoms with E-state index in [1.165, 1.54) is 0 Å². The number of aldehydes is 1. The smallest absolute Gasteiger partial charge is 0.132 e. The van der Waals surface area contributed by atoms with Crippen LogP contribution in [-0.4, -0.2) is 11.6 Å². The average Bonchev–Trinajstić information content (AvgIpc) is 2.53. The van der Waals surface area contributed by atoms with Crippen molar-refractivity contribution < 1.29 is 9.53 Å². The summed E-state index contributed by atoms with van der Waals surface area (Å²) in [5, 5.41) is 0.567. The Morgan fingerprint density at radius 1 is 1.14 bits per heavy atom. The van der Waals surface area contributed by atoms with Gasteiger partial charge in [-0.15, -0.1) is 0 Å². The molecule has 0 aliphatic carbocycles. The summed E-state index contributed by atoms with van der Waals surface area (Å²) in [5.41, 5.74) is 2.82. The third kappa shape index (κ3) is 2.70. The molecule has 0 radical (unpaired) electrons. The Labute approximate surface area is 140 Å². The number of benzene rings is 2. The highest BCUT2D eigenvalue weighted by Crippen LogP contribution is 2.44. The van der Waals surface area contributed by atoms with E-state index in [1.807, 2.05) is 48.5 Å². The summed E-state index contributed by atoms with van der Waals surface area (Å²) in [4.78, 5) is 11.8. The molecule has 21 heavy (non-hydrogen) atoms. The average molecular weight is 408 g/mol. The first kappa shape index (κ1) is 14.5. The maximum Gasteiger partial charge on any atom is 0.132 e. The van der Waals surface area contributed by atoms with E-state index in [2.05, 4.69) is 31.9 Å². The predicted octanol–water partition coefficient (Wildman–Crippen LogP) is 4.93. The number of fused-ring (bicyclic) bond motifs is 1. The number of carbonyl (C=O) groups is 1. The summed E-state index contributed by atoms with van der Waals surface area (Å²) in [6.07, 6.45) is 0.985. The number of allylic oxidation sites excluding steroid dienone is 2. The molecule has 1 heterocycles. The van der Waals surface area contributed by atoms with Gasteiger partial charge in [-0.1, -0.05) is 62.2 Å². The predicted molar refractivity (Wildman–Crippen MR) is 90.7 cm³/mol. The minimum atomic E-state index is -0.318. The fraction of sp³-hybridized carbons (Fsp3) is 0.118. The van der Waals surface area contributed by atoms with E-state index in [-0.39, 0.29) is 5.92 Å². The van der Waals surface area contributed by atoms with Crippen molar-refractivity contribution in [1.82, 2.24) is 0 Å². The molecular formula is C17H12Br2O2. The van der Waals surface area contributed by atoms with Crippen LogP contribution in [0.3, 0.4) is 0 Å². The van der Waals surface area contributed by atoms with Gasteiger partial charge in [0.05, 0.1) is 11.2 Å². The van der Waals surface area contributed by atoms with Crippen LogP contribution in [0.5, 0.6) is 5.75 Å². The van der Waals surface area contributed by atoms with E-state index in [9.17, 15) is 4.79 Å². The van der Waals surface area contributed by atoms with E-state index < -0.39 is 0 Å². The summed E-state index contributed by atoms with van der Waals surface area (Å²) in [6, 6.07) is 15.6. The maximum absolute atomic E-state index is 11.8. The van der Waals surface area contributed by atoms with Gasteiger partial charge in [-0.2, -0.15) is 0 Å². The van der Waals surface area contributed by atoms with Crippen LogP contribution in [0.2, 0.25) is 0 Å². The third-order valence-corrected chi connectivity index (χ3v) is 4.50. The largest absolute Gasteiger partial charge is 0.460 e. The first-order valence-electron chi connectivity index (χ1n) is 6.51. The lowest BCUT2D eigenvalue weighted by molar-refractivity contribution is -0.108. The van der Waals surface area contributed by atoms with Crippen LogP contribution in [0.15, 0.2) is 58.8 Å². The second-order valence-corrected chi connectivity index (χ2v) is 6.21. The third-order valence-electron chi connectivity index (χ3n) is 3.49. The van der Waals surface area contributed by atoms with Crippen LogP contribution in [0.25, 0.3) is 5.57 Å². The molecule has 1 aliphatic rings. The summed E-state index contributed by atoms with van der Waals surface area (Å²) in [7, 11) is 0. The zero-order chi connectivity index (χ0) is 14.8. The fourth-order valence-electron chi connectivity index (χ4n) is 2.57. The molecule has 0 saturated heterocycles. The van der Waals surface area contributed by atoms with Crippen molar-refractivity contribution in [2.75, 3.05) is 5.33 Å². The lowest BCUT2D eigenvalue weighted by Gasteiger charge is -2.27. The Bertz CT molecular complexity index is 708. The molecular weight excluding hydrogens is 396 g/mol. The van der Waals surface area contributed by atoms with E-state index in [4.69, 9.17) is 4.74 Å². The molecule has 0 N–H and O–H groups in total. The van der Waals surface area contributed by atoms with E-state index >= 15 is 0 Å². The van der Waals surface area contributed by atoms with E-state index in [0.29, 0.717) is 5.33 Å². The summed E-state index contributed by atoms with van der Waals surface area (Å²) in [5.74, 6) is 1.21.